The summed E-state index contributed by atoms with van der Waals surface area (Å²) < 4.78 is 27.0. The Hall–Kier alpha value is -0.980. The third kappa shape index (κ3) is 2.96. The lowest BCUT2D eigenvalue weighted by Gasteiger charge is -2.35. The van der Waals surface area contributed by atoms with Gasteiger partial charge in [0.1, 0.15) is 5.25 Å². The first kappa shape index (κ1) is 14.4. The number of hydrogen-bond acceptors (Lipinski definition) is 4. The highest BCUT2D eigenvalue weighted by Gasteiger charge is 2.36. The predicted octanol–water partition coefficient (Wildman–Crippen LogP) is 1.29. The summed E-state index contributed by atoms with van der Waals surface area (Å²) in [5.41, 5.74) is 6.29. The zero-order valence-corrected chi connectivity index (χ0v) is 12.0. The molecule has 0 amide bonds. The number of nitrogens with zero attached hydrogens (tertiary/aromatic N) is 2. The Morgan fingerprint density at radius 1 is 1.47 bits per heavy atom. The van der Waals surface area contributed by atoms with Gasteiger partial charge < -0.3 is 5.73 Å². The molecule has 1 aromatic rings. The molecule has 0 radical (unpaired) electrons. The second-order valence-electron chi connectivity index (χ2n) is 4.94. The summed E-state index contributed by atoms with van der Waals surface area (Å²) in [5.74, 6) is 0. The lowest BCUT2D eigenvalue weighted by atomic mass is 10.1. The number of nitrogens with two attached hydrogens (primary N) is 1. The van der Waals surface area contributed by atoms with Gasteiger partial charge in [-0.2, -0.15) is 4.31 Å². The van der Waals surface area contributed by atoms with E-state index >= 15 is 0 Å². The van der Waals surface area contributed by atoms with E-state index in [1.165, 1.54) is 0 Å². The first-order valence-corrected chi connectivity index (χ1v) is 8.19. The Morgan fingerprint density at radius 3 is 2.89 bits per heavy atom. The van der Waals surface area contributed by atoms with Crippen LogP contribution in [0.15, 0.2) is 24.4 Å². The third-order valence-corrected chi connectivity index (χ3v) is 5.99. The van der Waals surface area contributed by atoms with Crippen LogP contribution in [-0.4, -0.2) is 36.8 Å². The van der Waals surface area contributed by atoms with Crippen LogP contribution in [0.3, 0.4) is 0 Å². The zero-order valence-electron chi connectivity index (χ0n) is 11.2. The Kier molecular flexibility index (Phi) is 4.54. The highest BCUT2D eigenvalue weighted by Crippen LogP contribution is 2.28. The van der Waals surface area contributed by atoms with Gasteiger partial charge in [-0.25, -0.2) is 8.42 Å². The SMILES string of the molecule is C[C@@H](c1ccccn1)S(=O)(=O)N1CCCC[C@@H]1CN. The molecule has 1 aliphatic rings. The van der Waals surface area contributed by atoms with Crippen molar-refractivity contribution in [1.29, 1.82) is 0 Å². The van der Waals surface area contributed by atoms with Crippen LogP contribution in [0.4, 0.5) is 0 Å². The summed E-state index contributed by atoms with van der Waals surface area (Å²) in [6.45, 7) is 2.65. The molecule has 2 N–H and O–H groups in total. The van der Waals surface area contributed by atoms with E-state index in [0.717, 1.165) is 19.3 Å². The summed E-state index contributed by atoms with van der Waals surface area (Å²) in [4.78, 5) is 4.15. The Balaban J connectivity index is 2.26. The molecule has 1 fully saturated rings. The van der Waals surface area contributed by atoms with Crippen molar-refractivity contribution in [2.75, 3.05) is 13.1 Å². The highest BCUT2D eigenvalue weighted by atomic mass is 32.2. The van der Waals surface area contributed by atoms with Crippen LogP contribution in [0, 0.1) is 0 Å². The van der Waals surface area contributed by atoms with Crippen LogP contribution < -0.4 is 5.73 Å². The Bertz CT molecular complexity index is 504. The van der Waals surface area contributed by atoms with E-state index in [4.69, 9.17) is 5.73 Å². The topological polar surface area (TPSA) is 76.3 Å². The number of rotatable bonds is 4. The average molecular weight is 283 g/mol. The quantitative estimate of drug-likeness (QED) is 0.903. The molecule has 1 saturated heterocycles. The molecule has 106 valence electrons. The van der Waals surface area contributed by atoms with Gasteiger partial charge in [-0.15, -0.1) is 0 Å². The molecule has 0 spiro atoms. The van der Waals surface area contributed by atoms with Gasteiger partial charge in [0.25, 0.3) is 0 Å². The average Bonchev–Trinajstić information content (AvgIpc) is 2.47. The van der Waals surface area contributed by atoms with E-state index in [-0.39, 0.29) is 6.04 Å². The second kappa shape index (κ2) is 5.98. The van der Waals surface area contributed by atoms with E-state index in [9.17, 15) is 8.42 Å². The molecule has 2 atom stereocenters. The summed E-state index contributed by atoms with van der Waals surface area (Å²) in [5, 5.41) is -0.624. The smallest absolute Gasteiger partial charge is 0.222 e. The van der Waals surface area contributed by atoms with E-state index in [1.807, 2.05) is 6.07 Å². The van der Waals surface area contributed by atoms with E-state index < -0.39 is 15.3 Å². The summed E-state index contributed by atoms with van der Waals surface area (Å²) in [6.07, 6.45) is 4.43. The molecule has 2 heterocycles. The fraction of sp³-hybridized carbons (Fsp3) is 0.615. The molecule has 1 aliphatic heterocycles. The van der Waals surface area contributed by atoms with Crippen LogP contribution in [0.5, 0.6) is 0 Å². The third-order valence-electron chi connectivity index (χ3n) is 3.72. The van der Waals surface area contributed by atoms with Crippen molar-refractivity contribution in [2.24, 2.45) is 5.73 Å². The number of piperidine rings is 1. The van der Waals surface area contributed by atoms with Crippen molar-refractivity contribution < 1.29 is 8.42 Å². The van der Waals surface area contributed by atoms with Gasteiger partial charge in [-0.05, 0) is 31.9 Å². The van der Waals surface area contributed by atoms with Crippen molar-refractivity contribution in [3.05, 3.63) is 30.1 Å². The van der Waals surface area contributed by atoms with Gasteiger partial charge >= 0.3 is 0 Å². The molecule has 2 rings (SSSR count). The van der Waals surface area contributed by atoms with Gasteiger partial charge in [-0.1, -0.05) is 12.5 Å². The molecule has 0 bridgehead atoms. The van der Waals surface area contributed by atoms with Crippen molar-refractivity contribution in [3.8, 4) is 0 Å². The number of sulfonamides is 1. The van der Waals surface area contributed by atoms with E-state index in [2.05, 4.69) is 4.98 Å². The lowest BCUT2D eigenvalue weighted by Crippen LogP contribution is -2.48. The van der Waals surface area contributed by atoms with Crippen LogP contribution in [0.2, 0.25) is 0 Å². The largest absolute Gasteiger partial charge is 0.329 e. The number of hydrogen-bond donors (Lipinski definition) is 1. The monoisotopic (exact) mass is 283 g/mol. The van der Waals surface area contributed by atoms with Gasteiger partial charge in [0.05, 0.1) is 5.69 Å². The maximum absolute atomic E-state index is 12.7. The minimum absolute atomic E-state index is 0.0649. The number of aromatic nitrogens is 1. The van der Waals surface area contributed by atoms with E-state index in [1.54, 1.807) is 29.6 Å². The van der Waals surface area contributed by atoms with Gasteiger partial charge in [0, 0.05) is 25.3 Å². The fourth-order valence-electron chi connectivity index (χ4n) is 2.52. The first-order valence-electron chi connectivity index (χ1n) is 6.69. The van der Waals surface area contributed by atoms with Gasteiger partial charge in [0.2, 0.25) is 10.0 Å². The molecule has 19 heavy (non-hydrogen) atoms. The molecular weight excluding hydrogens is 262 g/mol. The highest BCUT2D eigenvalue weighted by molar-refractivity contribution is 7.89. The molecular formula is C13H21N3O2S. The molecule has 0 aromatic carbocycles. The Morgan fingerprint density at radius 2 is 2.26 bits per heavy atom. The standard InChI is InChI=1S/C13H21N3O2S/c1-11(13-7-2-4-8-15-13)19(17,18)16-9-5-3-6-12(16)10-14/h2,4,7-8,11-12H,3,5-6,9-10,14H2,1H3/t11-,12+/m0/s1. The van der Waals surface area contributed by atoms with Crippen molar-refractivity contribution in [1.82, 2.24) is 9.29 Å². The second-order valence-corrected chi connectivity index (χ2v) is 7.14. The van der Waals surface area contributed by atoms with Gasteiger partial charge in [0.15, 0.2) is 0 Å². The Labute approximate surface area is 114 Å². The predicted molar refractivity (Wildman–Crippen MR) is 75.0 cm³/mol. The maximum Gasteiger partial charge on any atom is 0.222 e. The summed E-state index contributed by atoms with van der Waals surface area (Å²) >= 11 is 0. The summed E-state index contributed by atoms with van der Waals surface area (Å²) in [7, 11) is -3.39. The molecule has 1 aromatic heterocycles. The van der Waals surface area contributed by atoms with E-state index in [0.29, 0.717) is 18.8 Å². The molecule has 0 aliphatic carbocycles. The summed E-state index contributed by atoms with van der Waals surface area (Å²) in [6, 6.07) is 5.28. The zero-order chi connectivity index (χ0) is 13.9. The maximum atomic E-state index is 12.7. The minimum atomic E-state index is -3.39. The lowest BCUT2D eigenvalue weighted by molar-refractivity contribution is 0.255. The van der Waals surface area contributed by atoms with Crippen LogP contribution in [-0.2, 0) is 10.0 Å². The first-order chi connectivity index (χ1) is 9.07. The molecule has 5 nitrogen and oxygen atoms in total. The van der Waals surface area contributed by atoms with Crippen molar-refractivity contribution in [3.63, 3.8) is 0 Å². The van der Waals surface area contributed by atoms with Crippen molar-refractivity contribution in [2.45, 2.75) is 37.5 Å². The van der Waals surface area contributed by atoms with Crippen molar-refractivity contribution >= 4 is 10.0 Å². The van der Waals surface area contributed by atoms with Crippen LogP contribution in [0.1, 0.15) is 37.1 Å². The molecule has 0 saturated carbocycles. The van der Waals surface area contributed by atoms with Gasteiger partial charge in [-0.3, -0.25) is 4.98 Å². The van der Waals surface area contributed by atoms with Crippen LogP contribution >= 0.6 is 0 Å². The normalized spacial score (nSPS) is 23.2. The minimum Gasteiger partial charge on any atom is -0.329 e. The molecule has 6 heteroatoms. The fourth-order valence-corrected chi connectivity index (χ4v) is 4.36. The molecule has 0 unspecified atom stereocenters. The number of pyridine rings is 1. The van der Waals surface area contributed by atoms with Crippen LogP contribution in [0.25, 0.3) is 0 Å².